The number of aryl methyl sites for hydroxylation is 2. The summed E-state index contributed by atoms with van der Waals surface area (Å²) in [6.07, 6.45) is 5.62. The maximum atomic E-state index is 6.53. The van der Waals surface area contributed by atoms with Gasteiger partial charge in [0.1, 0.15) is 11.2 Å². The van der Waals surface area contributed by atoms with Crippen LogP contribution in [0.4, 0.5) is 17.1 Å². The lowest BCUT2D eigenvalue weighted by atomic mass is 9.59. The zero-order chi connectivity index (χ0) is 34.7. The van der Waals surface area contributed by atoms with Gasteiger partial charge in [0.15, 0.2) is 0 Å². The fourth-order valence-electron chi connectivity index (χ4n) is 12.7. The second-order valence-electron chi connectivity index (χ2n) is 17.4. The van der Waals surface area contributed by atoms with E-state index in [4.69, 9.17) is 4.42 Å². The summed E-state index contributed by atoms with van der Waals surface area (Å²) in [7, 11) is 0. The van der Waals surface area contributed by atoms with E-state index in [0.717, 1.165) is 34.8 Å². The molecule has 0 radical (unpaired) electrons. The Labute approximate surface area is 306 Å². The Kier molecular flexibility index (Phi) is 5.59. The summed E-state index contributed by atoms with van der Waals surface area (Å²) < 4.78 is 6.53. The molecule has 4 saturated carbocycles. The maximum Gasteiger partial charge on any atom is 0.138 e. The van der Waals surface area contributed by atoms with Gasteiger partial charge in [0, 0.05) is 38.7 Å². The number of benzene rings is 6. The maximum absolute atomic E-state index is 6.53. The van der Waals surface area contributed by atoms with Gasteiger partial charge in [0.2, 0.25) is 0 Å². The van der Waals surface area contributed by atoms with Crippen molar-refractivity contribution in [3.8, 4) is 22.3 Å². The lowest BCUT2D eigenvalue weighted by molar-refractivity contribution is 0.191. The molecule has 1 heterocycles. The Morgan fingerprint density at radius 2 is 1.27 bits per heavy atom. The van der Waals surface area contributed by atoms with E-state index in [0.29, 0.717) is 0 Å². The van der Waals surface area contributed by atoms with Gasteiger partial charge in [0.05, 0.1) is 0 Å². The summed E-state index contributed by atoms with van der Waals surface area (Å²) in [6, 6.07) is 44.4. The molecule has 52 heavy (non-hydrogen) atoms. The zero-order valence-electron chi connectivity index (χ0n) is 30.5. The number of anilines is 3. The van der Waals surface area contributed by atoms with Crippen molar-refractivity contribution in [3.05, 3.63) is 149 Å². The van der Waals surface area contributed by atoms with Crippen LogP contribution in [0, 0.1) is 37.5 Å². The molecule has 5 atom stereocenters. The Bertz CT molecular complexity index is 2690. The van der Waals surface area contributed by atoms with Crippen LogP contribution in [0.15, 0.2) is 120 Å². The number of fused-ring (bicyclic) bond motifs is 9. The average Bonchev–Trinajstić information content (AvgIpc) is 3.88. The van der Waals surface area contributed by atoms with Crippen LogP contribution in [0.5, 0.6) is 0 Å². The lowest BCUT2D eigenvalue weighted by Gasteiger charge is -2.44. The molecule has 6 aliphatic rings. The van der Waals surface area contributed by atoms with Crippen molar-refractivity contribution in [3.63, 3.8) is 0 Å². The highest BCUT2D eigenvalue weighted by atomic mass is 16.3. The summed E-state index contributed by atoms with van der Waals surface area (Å²) in [5, 5.41) is 2.36. The number of rotatable bonds is 3. The third kappa shape index (κ3) is 3.52. The smallest absolute Gasteiger partial charge is 0.138 e. The molecule has 7 aromatic rings. The minimum atomic E-state index is -0.0867. The number of nitrogens with zero attached hydrogens (tertiary/aromatic N) is 1. The molecule has 4 fully saturated rings. The van der Waals surface area contributed by atoms with Gasteiger partial charge in [-0.25, -0.2) is 0 Å². The van der Waals surface area contributed by atoms with Gasteiger partial charge in [-0.2, -0.15) is 0 Å². The predicted octanol–water partition coefficient (Wildman–Crippen LogP) is 13.3. The predicted molar refractivity (Wildman–Crippen MR) is 214 cm³/mol. The molecule has 4 bridgehead atoms. The summed E-state index contributed by atoms with van der Waals surface area (Å²) in [5.41, 5.74) is 19.7. The van der Waals surface area contributed by atoms with Crippen LogP contribution in [0.2, 0.25) is 0 Å². The van der Waals surface area contributed by atoms with Crippen LogP contribution in [-0.2, 0) is 10.8 Å². The van der Waals surface area contributed by atoms with E-state index in [2.05, 4.69) is 148 Å². The van der Waals surface area contributed by atoms with Crippen molar-refractivity contribution in [2.75, 3.05) is 4.90 Å². The van der Waals surface area contributed by atoms with E-state index in [1.165, 1.54) is 98.0 Å². The first-order chi connectivity index (χ1) is 25.3. The molecule has 0 amide bonds. The topological polar surface area (TPSA) is 16.4 Å². The van der Waals surface area contributed by atoms with E-state index >= 15 is 0 Å². The number of para-hydroxylation sites is 1. The van der Waals surface area contributed by atoms with E-state index < -0.39 is 0 Å². The quantitative estimate of drug-likeness (QED) is 0.186. The lowest BCUT2D eigenvalue weighted by Crippen LogP contribution is -2.40. The molecule has 2 nitrogen and oxygen atoms in total. The molecule has 0 saturated heterocycles. The second kappa shape index (κ2) is 9.86. The molecule has 6 aliphatic carbocycles. The summed E-state index contributed by atoms with van der Waals surface area (Å²) in [5.74, 6) is 3.28. The first kappa shape index (κ1) is 29.5. The highest BCUT2D eigenvalue weighted by Gasteiger charge is 2.66. The largest absolute Gasteiger partial charge is 0.456 e. The molecule has 0 aliphatic heterocycles. The Morgan fingerprint density at radius 1 is 0.577 bits per heavy atom. The van der Waals surface area contributed by atoms with Gasteiger partial charge in [-0.1, -0.05) is 92.7 Å². The average molecular weight is 674 g/mol. The highest BCUT2D eigenvalue weighted by Crippen LogP contribution is 2.73. The first-order valence-electron chi connectivity index (χ1n) is 19.5. The Morgan fingerprint density at radius 3 is 2.06 bits per heavy atom. The highest BCUT2D eigenvalue weighted by molar-refractivity contribution is 6.08. The van der Waals surface area contributed by atoms with Crippen molar-refractivity contribution >= 4 is 39.0 Å². The molecule has 0 N–H and O–H groups in total. The molecule has 1 aromatic heterocycles. The van der Waals surface area contributed by atoms with Crippen LogP contribution < -0.4 is 4.90 Å². The van der Waals surface area contributed by atoms with Crippen molar-refractivity contribution in [2.24, 2.45) is 23.7 Å². The van der Waals surface area contributed by atoms with Gasteiger partial charge in [0.25, 0.3) is 0 Å². The van der Waals surface area contributed by atoms with E-state index in [1.807, 2.05) is 0 Å². The first-order valence-corrected chi connectivity index (χ1v) is 19.5. The van der Waals surface area contributed by atoms with Gasteiger partial charge >= 0.3 is 0 Å². The normalized spacial score (nSPS) is 25.2. The molecule has 6 aromatic carbocycles. The summed E-state index contributed by atoms with van der Waals surface area (Å²) in [6.45, 7) is 9.19. The van der Waals surface area contributed by atoms with E-state index in [1.54, 1.807) is 11.1 Å². The second-order valence-corrected chi connectivity index (χ2v) is 17.4. The number of hydrogen-bond acceptors (Lipinski definition) is 2. The molecular formula is C50H43NO. The fourth-order valence-corrected chi connectivity index (χ4v) is 12.7. The van der Waals surface area contributed by atoms with Gasteiger partial charge in [-0.05, 0) is 155 Å². The number of furan rings is 1. The van der Waals surface area contributed by atoms with E-state index in [9.17, 15) is 0 Å². The van der Waals surface area contributed by atoms with E-state index in [-0.39, 0.29) is 10.8 Å². The summed E-state index contributed by atoms with van der Waals surface area (Å²) in [4.78, 5) is 2.57. The van der Waals surface area contributed by atoms with Crippen molar-refractivity contribution in [1.29, 1.82) is 0 Å². The molecule has 1 spiro atoms. The Hall–Kier alpha value is -5.08. The molecule has 2 heteroatoms. The molecule has 13 rings (SSSR count). The third-order valence-electron chi connectivity index (χ3n) is 14.7. The standard InChI is InChI=1S/C50H43NO/c1-28-10-9-13-39-40-27-46(29(2)20-47(40)52-48(28)39)51(33-16-18-37-35-11-5-7-14-41(35)49(3,4)44(37)25-33)34-17-19-38-36-12-6-8-15-42(36)50(45(38)26-34)32-22-30-21-31(24-32)43(50)23-30/h5-20,25-27,30-32,43H,21-24H2,1-4H3. The summed E-state index contributed by atoms with van der Waals surface area (Å²) >= 11 is 0. The van der Waals surface area contributed by atoms with Crippen LogP contribution in [0.3, 0.4) is 0 Å². The SMILES string of the molecule is Cc1cc2oc3c(C)cccc3c2cc1N(c1ccc2c(c1)C(C)(C)c1ccccc1-2)c1ccc2c(c1)C1(c3ccccc3-2)C2CC3CC(C2)C1C3. The van der Waals surface area contributed by atoms with Gasteiger partial charge in [-0.15, -0.1) is 0 Å². The zero-order valence-corrected chi connectivity index (χ0v) is 30.5. The van der Waals surface area contributed by atoms with Crippen LogP contribution >= 0.6 is 0 Å². The molecule has 5 unspecified atom stereocenters. The Balaban J connectivity index is 1.12. The molecular weight excluding hydrogens is 631 g/mol. The van der Waals surface area contributed by atoms with Crippen molar-refractivity contribution in [1.82, 2.24) is 0 Å². The minimum absolute atomic E-state index is 0.0867. The number of hydrogen-bond donors (Lipinski definition) is 0. The monoisotopic (exact) mass is 673 g/mol. The fraction of sp³-hybridized carbons (Fsp3) is 0.280. The van der Waals surface area contributed by atoms with Crippen LogP contribution in [0.25, 0.3) is 44.2 Å². The molecule has 254 valence electrons. The van der Waals surface area contributed by atoms with Crippen LogP contribution in [-0.4, -0.2) is 0 Å². The minimum Gasteiger partial charge on any atom is -0.456 e. The third-order valence-corrected chi connectivity index (χ3v) is 14.7. The van der Waals surface area contributed by atoms with Crippen LogP contribution in [0.1, 0.15) is 72.9 Å². The van der Waals surface area contributed by atoms with Crippen molar-refractivity contribution < 1.29 is 4.42 Å². The van der Waals surface area contributed by atoms with Gasteiger partial charge in [-0.3, -0.25) is 0 Å². The van der Waals surface area contributed by atoms with Gasteiger partial charge < -0.3 is 9.32 Å². The van der Waals surface area contributed by atoms with Crippen molar-refractivity contribution in [2.45, 2.75) is 64.2 Å².